The molecule has 2 heterocycles. The quantitative estimate of drug-likeness (QED) is 0.185. The maximum atomic E-state index is 12.7. The molecule has 3 aromatic rings. The second kappa shape index (κ2) is 11.0. The van der Waals surface area contributed by atoms with Gasteiger partial charge in [-0.15, -0.1) is 0 Å². The Kier molecular flexibility index (Phi) is 7.56. The number of carbonyl (C=O) groups excluding carboxylic acids is 5. The fourth-order valence-corrected chi connectivity index (χ4v) is 3.59. The van der Waals surface area contributed by atoms with Crippen molar-refractivity contribution in [1.82, 2.24) is 20.8 Å². The number of Topliss-reactive ketones (excluding diaryl/α,β-unsaturated/α-hetero) is 1. The van der Waals surface area contributed by atoms with Gasteiger partial charge in [0, 0.05) is 22.4 Å². The van der Waals surface area contributed by atoms with Gasteiger partial charge in [-0.1, -0.05) is 28.1 Å². The highest BCUT2D eigenvalue weighted by Crippen LogP contribution is 2.23. The van der Waals surface area contributed by atoms with Gasteiger partial charge in [0.2, 0.25) is 5.91 Å². The number of carbonyl (C=O) groups is 5. The van der Waals surface area contributed by atoms with Gasteiger partial charge in [0.15, 0.2) is 12.4 Å². The Bertz CT molecular complexity index is 1320. The highest BCUT2D eigenvalue weighted by atomic mass is 79.9. The van der Waals surface area contributed by atoms with Crippen molar-refractivity contribution in [3.63, 3.8) is 0 Å². The van der Waals surface area contributed by atoms with E-state index in [4.69, 9.17) is 4.74 Å². The molecule has 3 amide bonds. The minimum atomic E-state index is -0.979. The summed E-state index contributed by atoms with van der Waals surface area (Å²) in [5, 5.41) is 0. The summed E-state index contributed by atoms with van der Waals surface area (Å²) in [5.41, 5.74) is 5.73. The number of ketones is 1. The van der Waals surface area contributed by atoms with Crippen LogP contribution in [-0.4, -0.2) is 52.1 Å². The smallest absolute Gasteiger partial charge is 0.338 e. The second-order valence-corrected chi connectivity index (χ2v) is 8.48. The van der Waals surface area contributed by atoms with Crippen LogP contribution in [0.5, 0.6) is 0 Å². The molecule has 2 N–H and O–H groups in total. The molecule has 0 bridgehead atoms. The van der Waals surface area contributed by atoms with Crippen LogP contribution in [0.25, 0.3) is 0 Å². The normalized spacial score (nSPS) is 15.0. The number of hydrogen-bond donors (Lipinski definition) is 2. The predicted octanol–water partition coefficient (Wildman–Crippen LogP) is 1.85. The highest BCUT2D eigenvalue weighted by Gasteiger charge is 2.39. The van der Waals surface area contributed by atoms with E-state index >= 15 is 0 Å². The first-order valence-electron chi connectivity index (χ1n) is 10.6. The molecular weight excluding hydrogens is 534 g/mol. The molecule has 2 aromatic carbocycles. The minimum absolute atomic E-state index is 0.0413. The van der Waals surface area contributed by atoms with Crippen molar-refractivity contribution >= 4 is 51.1 Å². The third kappa shape index (κ3) is 5.67. The fraction of sp³-hybridized carbons (Fsp3) is 0.125. The number of hydrazine groups is 1. The Balaban J connectivity index is 1.33. The number of anilines is 1. The van der Waals surface area contributed by atoms with E-state index in [0.29, 0.717) is 5.56 Å². The van der Waals surface area contributed by atoms with E-state index in [0.717, 1.165) is 9.37 Å². The van der Waals surface area contributed by atoms with Crippen molar-refractivity contribution in [3.05, 3.63) is 88.4 Å². The molecule has 12 heteroatoms. The number of hydrogen-bond acceptors (Lipinski definition) is 9. The molecule has 1 aliphatic heterocycles. The van der Waals surface area contributed by atoms with Crippen LogP contribution >= 0.6 is 15.9 Å². The van der Waals surface area contributed by atoms with Gasteiger partial charge >= 0.3 is 5.97 Å². The molecule has 4 rings (SSSR count). The van der Waals surface area contributed by atoms with Gasteiger partial charge in [-0.25, -0.2) is 20.1 Å². The molecule has 0 saturated carbocycles. The monoisotopic (exact) mass is 551 g/mol. The molecule has 0 spiro atoms. The van der Waals surface area contributed by atoms with Crippen LogP contribution in [0.2, 0.25) is 0 Å². The fourth-order valence-electron chi connectivity index (χ4n) is 3.33. The molecule has 0 radical (unpaired) electrons. The van der Waals surface area contributed by atoms with E-state index in [2.05, 4.69) is 36.7 Å². The Morgan fingerprint density at radius 1 is 1.00 bits per heavy atom. The van der Waals surface area contributed by atoms with Crippen LogP contribution in [0.1, 0.15) is 37.6 Å². The van der Waals surface area contributed by atoms with E-state index in [-0.39, 0.29) is 29.1 Å². The molecule has 0 aliphatic carbocycles. The lowest BCUT2D eigenvalue weighted by atomic mass is 10.1. The lowest BCUT2D eigenvalue weighted by Crippen LogP contribution is -2.48. The first kappa shape index (κ1) is 24.8. The van der Waals surface area contributed by atoms with Crippen LogP contribution in [-0.2, 0) is 14.3 Å². The molecule has 1 saturated heterocycles. The van der Waals surface area contributed by atoms with E-state index in [1.54, 1.807) is 24.3 Å². The number of amides is 3. The Morgan fingerprint density at radius 2 is 1.69 bits per heavy atom. The third-order valence-electron chi connectivity index (χ3n) is 5.16. The lowest BCUT2D eigenvalue weighted by molar-refractivity contribution is -0.121. The van der Waals surface area contributed by atoms with Crippen molar-refractivity contribution in [2.45, 2.75) is 12.5 Å². The van der Waals surface area contributed by atoms with Crippen LogP contribution < -0.4 is 15.8 Å². The number of nitrogens with one attached hydrogen (secondary N) is 2. The van der Waals surface area contributed by atoms with Gasteiger partial charge in [-0.05, 0) is 36.4 Å². The van der Waals surface area contributed by atoms with Crippen molar-refractivity contribution in [1.29, 1.82) is 0 Å². The number of rotatable bonds is 8. The third-order valence-corrected chi connectivity index (χ3v) is 5.69. The first-order valence-corrected chi connectivity index (χ1v) is 11.4. The van der Waals surface area contributed by atoms with Crippen LogP contribution in [0, 0.1) is 0 Å². The van der Waals surface area contributed by atoms with E-state index in [9.17, 15) is 24.0 Å². The molecule has 1 unspecified atom stereocenters. The molecular formula is C24H18BrN5O6. The summed E-state index contributed by atoms with van der Waals surface area (Å²) < 4.78 is 5.90. The molecule has 182 valence electrons. The first-order chi connectivity index (χ1) is 17.3. The Morgan fingerprint density at radius 3 is 2.36 bits per heavy atom. The number of imide groups is 1. The molecule has 11 nitrogen and oxygen atoms in total. The number of aromatic nitrogens is 2. The Labute approximate surface area is 213 Å². The molecule has 1 atom stereocenters. The maximum absolute atomic E-state index is 12.7. The van der Waals surface area contributed by atoms with Crippen molar-refractivity contribution < 1.29 is 28.7 Å². The Hall–Kier alpha value is -4.29. The van der Waals surface area contributed by atoms with E-state index < -0.39 is 36.3 Å². The summed E-state index contributed by atoms with van der Waals surface area (Å²) in [5.74, 6) is -2.75. The average molecular weight is 552 g/mol. The highest BCUT2D eigenvalue weighted by molar-refractivity contribution is 9.10. The van der Waals surface area contributed by atoms with Gasteiger partial charge in [0.25, 0.3) is 11.8 Å². The van der Waals surface area contributed by atoms with Crippen LogP contribution in [0.4, 0.5) is 5.69 Å². The van der Waals surface area contributed by atoms with Crippen molar-refractivity contribution in [2.24, 2.45) is 0 Å². The van der Waals surface area contributed by atoms with E-state index in [1.807, 2.05) is 0 Å². The number of ether oxygens (including phenoxy) is 1. The van der Waals surface area contributed by atoms with Crippen LogP contribution in [0.15, 0.2) is 71.6 Å². The summed E-state index contributed by atoms with van der Waals surface area (Å²) in [6.07, 6.45) is 3.84. The molecule has 1 aliphatic rings. The van der Waals surface area contributed by atoms with E-state index in [1.165, 1.54) is 42.9 Å². The largest absolute Gasteiger partial charge is 0.454 e. The zero-order chi connectivity index (χ0) is 25.7. The molecule has 36 heavy (non-hydrogen) atoms. The summed E-state index contributed by atoms with van der Waals surface area (Å²) >= 11 is 3.28. The molecule has 1 aromatic heterocycles. The van der Waals surface area contributed by atoms with Gasteiger partial charge in [-0.3, -0.25) is 29.6 Å². The summed E-state index contributed by atoms with van der Waals surface area (Å²) in [6, 6.07) is 11.3. The molecule has 1 fully saturated rings. The zero-order valence-electron chi connectivity index (χ0n) is 18.5. The maximum Gasteiger partial charge on any atom is 0.338 e. The van der Waals surface area contributed by atoms with Crippen LogP contribution in [0.3, 0.4) is 0 Å². The predicted molar refractivity (Wildman–Crippen MR) is 129 cm³/mol. The number of esters is 1. The minimum Gasteiger partial charge on any atom is -0.454 e. The SMILES string of the molecule is O=C(COC(=O)c1ccc(N2C(=O)CC(NNC(=O)c3cnccn3)C2=O)cc1)c1ccc(Br)cc1. The lowest BCUT2D eigenvalue weighted by Gasteiger charge is -2.16. The van der Waals surface area contributed by atoms with Gasteiger partial charge in [-0.2, -0.15) is 0 Å². The van der Waals surface area contributed by atoms with Gasteiger partial charge in [0.05, 0.1) is 23.9 Å². The van der Waals surface area contributed by atoms with Gasteiger partial charge in [0.1, 0.15) is 11.7 Å². The number of nitrogens with zero attached hydrogens (tertiary/aromatic N) is 3. The zero-order valence-corrected chi connectivity index (χ0v) is 20.1. The topological polar surface area (TPSA) is 148 Å². The number of benzene rings is 2. The summed E-state index contributed by atoms with van der Waals surface area (Å²) in [6.45, 7) is -0.432. The van der Waals surface area contributed by atoms with Crippen molar-refractivity contribution in [3.8, 4) is 0 Å². The van der Waals surface area contributed by atoms with Gasteiger partial charge < -0.3 is 4.74 Å². The number of halogens is 1. The standard InChI is InChI=1S/C24H18BrN5O6/c25-16-5-1-14(2-6-16)20(31)13-36-24(35)15-3-7-17(8-4-15)30-21(32)11-18(23(30)34)28-29-22(33)19-12-26-9-10-27-19/h1-10,12,18,28H,11,13H2,(H,29,33). The van der Waals surface area contributed by atoms with Crippen molar-refractivity contribution in [2.75, 3.05) is 11.5 Å². The second-order valence-electron chi connectivity index (χ2n) is 7.57. The average Bonchev–Trinajstić information content (AvgIpc) is 3.19. The summed E-state index contributed by atoms with van der Waals surface area (Å²) in [4.78, 5) is 70.4. The summed E-state index contributed by atoms with van der Waals surface area (Å²) in [7, 11) is 0.